The second-order valence-corrected chi connectivity index (χ2v) is 12.8. The summed E-state index contributed by atoms with van der Waals surface area (Å²) >= 11 is 0. The molecule has 256 valence electrons. The van der Waals surface area contributed by atoms with Gasteiger partial charge in [0.2, 0.25) is 11.8 Å². The van der Waals surface area contributed by atoms with Crippen molar-refractivity contribution in [1.82, 2.24) is 20.4 Å². The summed E-state index contributed by atoms with van der Waals surface area (Å²) in [6.07, 6.45) is 4.80. The molecule has 1 unspecified atom stereocenters. The molecule has 1 fully saturated rings. The van der Waals surface area contributed by atoms with Crippen LogP contribution in [0.4, 0.5) is 0 Å². The summed E-state index contributed by atoms with van der Waals surface area (Å²) in [6, 6.07) is -0.713. The lowest BCUT2D eigenvalue weighted by molar-refractivity contribution is -0.144. The standard InChI is InChI=1S/C32H60N4O8/c1-25-11-10-17-36(25)18-20-44-29(38)14-13-27(35(5)6)31(40)34-26(30(39)32(2,3)4)12-8-9-16-33-28(37)15-19-42-23-24-43-22-21-41-7/h25-27H,8-24H2,1-7H3,(H,33,37)(H,34,40)/t25-,26?,27+/m1/s1. The van der Waals surface area contributed by atoms with Gasteiger partial charge in [-0.05, 0) is 66.1 Å². The van der Waals surface area contributed by atoms with Crippen LogP contribution < -0.4 is 10.6 Å². The summed E-state index contributed by atoms with van der Waals surface area (Å²) in [7, 11) is 5.19. The number of ketones is 1. The number of nitrogens with one attached hydrogen (secondary N) is 2. The topological polar surface area (TPSA) is 136 Å². The van der Waals surface area contributed by atoms with Crippen LogP contribution in [0.1, 0.15) is 79.1 Å². The van der Waals surface area contributed by atoms with Crippen molar-refractivity contribution in [3.8, 4) is 0 Å². The fourth-order valence-corrected chi connectivity index (χ4v) is 5.03. The predicted molar refractivity (Wildman–Crippen MR) is 169 cm³/mol. The van der Waals surface area contributed by atoms with Crippen molar-refractivity contribution in [2.24, 2.45) is 5.41 Å². The molecule has 0 radical (unpaired) electrons. The Morgan fingerprint density at radius 3 is 2.23 bits per heavy atom. The summed E-state index contributed by atoms with van der Waals surface area (Å²) in [5, 5.41) is 5.84. The van der Waals surface area contributed by atoms with Gasteiger partial charge in [0.25, 0.3) is 0 Å². The van der Waals surface area contributed by atoms with E-state index in [1.165, 1.54) is 12.8 Å². The van der Waals surface area contributed by atoms with Crippen LogP contribution in [0.5, 0.6) is 0 Å². The number of ether oxygens (including phenoxy) is 4. The molecule has 2 amide bonds. The first-order valence-electron chi connectivity index (χ1n) is 16.2. The maximum atomic E-state index is 13.3. The van der Waals surface area contributed by atoms with Gasteiger partial charge in [-0.25, -0.2) is 0 Å². The molecule has 44 heavy (non-hydrogen) atoms. The third-order valence-electron chi connectivity index (χ3n) is 7.77. The Kier molecular flexibility index (Phi) is 20.3. The van der Waals surface area contributed by atoms with Crippen LogP contribution in [0.15, 0.2) is 0 Å². The second-order valence-electron chi connectivity index (χ2n) is 12.8. The van der Waals surface area contributed by atoms with E-state index >= 15 is 0 Å². The number of hydrogen-bond acceptors (Lipinski definition) is 10. The Bertz CT molecular complexity index is 849. The Labute approximate surface area is 265 Å². The number of rotatable bonds is 24. The fourth-order valence-electron chi connectivity index (χ4n) is 5.03. The quantitative estimate of drug-likeness (QED) is 0.121. The Hall–Kier alpha value is -2.12. The molecule has 2 N–H and O–H groups in total. The molecule has 12 heteroatoms. The molecule has 0 saturated carbocycles. The lowest BCUT2D eigenvalue weighted by Crippen LogP contribution is -2.52. The lowest BCUT2D eigenvalue weighted by Gasteiger charge is -2.29. The largest absolute Gasteiger partial charge is 0.464 e. The number of Topliss-reactive ketones (excluding diaryl/α,β-unsaturated/α-hetero) is 1. The van der Waals surface area contributed by atoms with Crippen molar-refractivity contribution in [3.05, 3.63) is 0 Å². The van der Waals surface area contributed by atoms with Crippen molar-refractivity contribution >= 4 is 23.6 Å². The summed E-state index contributed by atoms with van der Waals surface area (Å²) in [5.41, 5.74) is -0.634. The molecular weight excluding hydrogens is 568 g/mol. The Balaban J connectivity index is 2.44. The third kappa shape index (κ3) is 17.4. The summed E-state index contributed by atoms with van der Waals surface area (Å²) in [5.74, 6) is -0.752. The third-order valence-corrected chi connectivity index (χ3v) is 7.77. The number of amides is 2. The molecule has 3 atom stereocenters. The van der Waals surface area contributed by atoms with Crippen molar-refractivity contribution < 1.29 is 38.1 Å². The van der Waals surface area contributed by atoms with Crippen LogP contribution in [0.2, 0.25) is 0 Å². The molecule has 1 heterocycles. The zero-order chi connectivity index (χ0) is 33.0. The molecule has 1 saturated heterocycles. The monoisotopic (exact) mass is 628 g/mol. The normalized spacial score (nSPS) is 17.0. The molecular formula is C32H60N4O8. The number of hydrogen-bond donors (Lipinski definition) is 2. The first kappa shape index (κ1) is 39.9. The molecule has 1 aliphatic rings. The number of likely N-dealkylation sites (tertiary alicyclic amines) is 1. The summed E-state index contributed by atoms with van der Waals surface area (Å²) < 4.78 is 21.1. The lowest BCUT2D eigenvalue weighted by atomic mass is 9.84. The van der Waals surface area contributed by atoms with Gasteiger partial charge in [0, 0.05) is 44.5 Å². The maximum absolute atomic E-state index is 13.3. The number of esters is 1. The molecule has 0 aliphatic carbocycles. The van der Waals surface area contributed by atoms with Gasteiger partial charge in [-0.3, -0.25) is 29.0 Å². The molecule has 1 rings (SSSR count). The molecule has 0 aromatic carbocycles. The predicted octanol–water partition coefficient (Wildman–Crippen LogP) is 2.18. The van der Waals surface area contributed by atoms with Crippen molar-refractivity contribution in [2.45, 2.75) is 97.2 Å². The number of nitrogens with zero attached hydrogens (tertiary/aromatic N) is 2. The van der Waals surface area contributed by atoms with Gasteiger partial charge >= 0.3 is 5.97 Å². The zero-order valence-electron chi connectivity index (χ0n) is 28.4. The van der Waals surface area contributed by atoms with Gasteiger partial charge in [0.15, 0.2) is 5.78 Å². The van der Waals surface area contributed by atoms with Crippen molar-refractivity contribution in [2.75, 3.05) is 80.5 Å². The highest BCUT2D eigenvalue weighted by Crippen LogP contribution is 2.20. The average molecular weight is 629 g/mol. The van der Waals surface area contributed by atoms with E-state index < -0.39 is 17.5 Å². The van der Waals surface area contributed by atoms with E-state index in [0.29, 0.717) is 77.9 Å². The van der Waals surface area contributed by atoms with E-state index in [9.17, 15) is 19.2 Å². The van der Waals surface area contributed by atoms with E-state index in [2.05, 4.69) is 22.5 Å². The number of unbranched alkanes of at least 4 members (excludes halogenated alkanes) is 1. The Morgan fingerprint density at radius 1 is 0.932 bits per heavy atom. The molecule has 0 bridgehead atoms. The van der Waals surface area contributed by atoms with Crippen LogP contribution >= 0.6 is 0 Å². The number of carbonyl (C=O) groups is 4. The van der Waals surface area contributed by atoms with E-state index in [0.717, 1.165) is 13.1 Å². The van der Waals surface area contributed by atoms with E-state index in [1.807, 2.05) is 20.8 Å². The number of likely N-dealkylation sites (N-methyl/N-ethyl adjacent to an activating group) is 1. The first-order chi connectivity index (χ1) is 20.9. The first-order valence-corrected chi connectivity index (χ1v) is 16.2. The van der Waals surface area contributed by atoms with Gasteiger partial charge < -0.3 is 29.6 Å². The minimum absolute atomic E-state index is 0.0497. The highest BCUT2D eigenvalue weighted by atomic mass is 16.5. The highest BCUT2D eigenvalue weighted by Gasteiger charge is 2.33. The van der Waals surface area contributed by atoms with Gasteiger partial charge in [-0.2, -0.15) is 0 Å². The Morgan fingerprint density at radius 2 is 1.61 bits per heavy atom. The fraction of sp³-hybridized carbons (Fsp3) is 0.875. The van der Waals surface area contributed by atoms with Gasteiger partial charge in [-0.15, -0.1) is 0 Å². The maximum Gasteiger partial charge on any atom is 0.305 e. The van der Waals surface area contributed by atoms with Crippen LogP contribution in [0, 0.1) is 5.41 Å². The minimum Gasteiger partial charge on any atom is -0.464 e. The van der Waals surface area contributed by atoms with Gasteiger partial charge in [0.05, 0.1) is 45.1 Å². The second kappa shape index (κ2) is 22.4. The van der Waals surface area contributed by atoms with E-state index in [4.69, 9.17) is 18.9 Å². The molecule has 0 aromatic rings. The van der Waals surface area contributed by atoms with Crippen molar-refractivity contribution in [3.63, 3.8) is 0 Å². The minimum atomic E-state index is -0.658. The average Bonchev–Trinajstić information content (AvgIpc) is 3.36. The molecule has 1 aliphatic heterocycles. The van der Waals surface area contributed by atoms with Crippen molar-refractivity contribution in [1.29, 1.82) is 0 Å². The van der Waals surface area contributed by atoms with E-state index in [1.54, 1.807) is 26.1 Å². The summed E-state index contributed by atoms with van der Waals surface area (Å²) in [4.78, 5) is 55.1. The van der Waals surface area contributed by atoms with Gasteiger partial charge in [-0.1, -0.05) is 20.8 Å². The molecule has 12 nitrogen and oxygen atoms in total. The van der Waals surface area contributed by atoms with E-state index in [-0.39, 0.29) is 36.4 Å². The summed E-state index contributed by atoms with van der Waals surface area (Å²) in [6.45, 7) is 12.5. The molecule has 0 aromatic heterocycles. The number of methoxy groups -OCH3 is 1. The highest BCUT2D eigenvalue weighted by molar-refractivity contribution is 5.93. The number of carbonyl (C=O) groups excluding carboxylic acids is 4. The van der Waals surface area contributed by atoms with Crippen LogP contribution in [-0.2, 0) is 38.1 Å². The van der Waals surface area contributed by atoms with Crippen LogP contribution in [-0.4, -0.2) is 132 Å². The SMILES string of the molecule is COCCOCCOCCC(=O)NCCCCC(NC(=O)[C@H](CCC(=O)OCCN1CCC[C@H]1C)N(C)C)C(=O)C(C)(C)C. The van der Waals surface area contributed by atoms with Gasteiger partial charge in [0.1, 0.15) is 6.61 Å². The smallest absolute Gasteiger partial charge is 0.305 e. The zero-order valence-corrected chi connectivity index (χ0v) is 28.4. The van der Waals surface area contributed by atoms with Crippen LogP contribution in [0.25, 0.3) is 0 Å². The van der Waals surface area contributed by atoms with Crippen LogP contribution in [0.3, 0.4) is 0 Å². The molecule has 0 spiro atoms.